The largest absolute Gasteiger partial charge is 0.349 e. The van der Waals surface area contributed by atoms with E-state index in [0.29, 0.717) is 23.5 Å². The number of carbonyl (C=O) groups is 3. The van der Waals surface area contributed by atoms with Gasteiger partial charge in [0.15, 0.2) is 0 Å². The normalized spacial score (nSPS) is 9.88. The Labute approximate surface area is 152 Å². The minimum absolute atomic E-state index is 0.151. The molecule has 0 radical (unpaired) electrons. The van der Waals surface area contributed by atoms with Crippen LogP contribution in [-0.2, 0) is 16.0 Å². The Kier molecular flexibility index (Phi) is 6.68. The summed E-state index contributed by atoms with van der Waals surface area (Å²) >= 11 is 0. The summed E-state index contributed by atoms with van der Waals surface area (Å²) in [5.74, 6) is -0.663. The molecule has 0 aliphatic carbocycles. The predicted molar refractivity (Wildman–Crippen MR) is 102 cm³/mol. The van der Waals surface area contributed by atoms with Gasteiger partial charge in [-0.2, -0.15) is 0 Å². The number of hydrogen-bond donors (Lipinski definition) is 3. The number of para-hydroxylation sites is 1. The van der Waals surface area contributed by atoms with Crippen LogP contribution in [-0.4, -0.2) is 24.3 Å². The second-order valence-corrected chi connectivity index (χ2v) is 5.65. The molecule has 0 saturated carbocycles. The van der Waals surface area contributed by atoms with Gasteiger partial charge in [-0.25, -0.2) is 0 Å². The quantitative estimate of drug-likeness (QED) is 0.670. The van der Waals surface area contributed by atoms with Gasteiger partial charge in [-0.15, -0.1) is 6.58 Å². The molecule has 26 heavy (non-hydrogen) atoms. The molecular formula is C20H21N3O3. The Balaban J connectivity index is 2.02. The van der Waals surface area contributed by atoms with E-state index in [1.807, 2.05) is 0 Å². The van der Waals surface area contributed by atoms with Crippen LogP contribution in [0, 0.1) is 0 Å². The summed E-state index contributed by atoms with van der Waals surface area (Å²) in [4.78, 5) is 35.5. The molecule has 0 spiro atoms. The van der Waals surface area contributed by atoms with Crippen LogP contribution in [0.25, 0.3) is 0 Å². The third kappa shape index (κ3) is 5.59. The van der Waals surface area contributed by atoms with Gasteiger partial charge in [0.25, 0.3) is 5.91 Å². The Hall–Kier alpha value is -3.41. The van der Waals surface area contributed by atoms with Crippen molar-refractivity contribution < 1.29 is 14.4 Å². The van der Waals surface area contributed by atoms with Gasteiger partial charge in [-0.05, 0) is 29.8 Å². The van der Waals surface area contributed by atoms with Gasteiger partial charge in [0, 0.05) is 19.2 Å². The number of carbonyl (C=O) groups excluding carboxylic acids is 3. The first-order chi connectivity index (χ1) is 12.5. The zero-order valence-electron chi connectivity index (χ0n) is 14.5. The van der Waals surface area contributed by atoms with Crippen molar-refractivity contribution in [2.75, 3.05) is 17.2 Å². The summed E-state index contributed by atoms with van der Waals surface area (Å²) in [5, 5.41) is 8.13. The maximum absolute atomic E-state index is 12.3. The third-order valence-electron chi connectivity index (χ3n) is 3.49. The summed E-state index contributed by atoms with van der Waals surface area (Å²) < 4.78 is 0. The lowest BCUT2D eigenvalue weighted by Gasteiger charge is -2.11. The number of hydrogen-bond acceptors (Lipinski definition) is 3. The van der Waals surface area contributed by atoms with Gasteiger partial charge in [0.1, 0.15) is 0 Å². The average molecular weight is 351 g/mol. The summed E-state index contributed by atoms with van der Waals surface area (Å²) in [5.41, 5.74) is 2.31. The molecule has 2 aromatic carbocycles. The lowest BCUT2D eigenvalue weighted by atomic mass is 10.1. The van der Waals surface area contributed by atoms with E-state index >= 15 is 0 Å². The van der Waals surface area contributed by atoms with Crippen LogP contribution in [0.1, 0.15) is 22.8 Å². The van der Waals surface area contributed by atoms with Crippen LogP contribution in [0.4, 0.5) is 11.4 Å². The second kappa shape index (κ2) is 9.17. The maximum atomic E-state index is 12.3. The molecule has 0 atom stereocenters. The summed E-state index contributed by atoms with van der Waals surface area (Å²) in [6.45, 7) is 5.34. The molecule has 6 nitrogen and oxygen atoms in total. The van der Waals surface area contributed by atoms with Crippen molar-refractivity contribution in [1.29, 1.82) is 0 Å². The highest BCUT2D eigenvalue weighted by atomic mass is 16.2. The molecule has 0 fully saturated rings. The number of anilines is 2. The molecule has 0 aliphatic heterocycles. The number of rotatable bonds is 7. The van der Waals surface area contributed by atoms with Gasteiger partial charge in [-0.3, -0.25) is 14.4 Å². The van der Waals surface area contributed by atoms with Crippen LogP contribution < -0.4 is 16.0 Å². The van der Waals surface area contributed by atoms with Gasteiger partial charge in [0.05, 0.1) is 17.7 Å². The third-order valence-corrected chi connectivity index (χ3v) is 3.49. The molecule has 0 bridgehead atoms. The number of nitrogens with one attached hydrogen (secondary N) is 3. The van der Waals surface area contributed by atoms with E-state index in [1.54, 1.807) is 54.6 Å². The molecule has 0 heterocycles. The van der Waals surface area contributed by atoms with E-state index in [9.17, 15) is 14.4 Å². The molecule has 3 amide bonds. The lowest BCUT2D eigenvalue weighted by molar-refractivity contribution is -0.116. The van der Waals surface area contributed by atoms with Crippen molar-refractivity contribution in [3.8, 4) is 0 Å². The van der Waals surface area contributed by atoms with Crippen molar-refractivity contribution in [3.05, 3.63) is 72.3 Å². The van der Waals surface area contributed by atoms with Crippen LogP contribution in [0.3, 0.4) is 0 Å². The Morgan fingerprint density at radius 1 is 1.00 bits per heavy atom. The van der Waals surface area contributed by atoms with E-state index in [1.165, 1.54) is 6.92 Å². The smallest absolute Gasteiger partial charge is 0.253 e. The maximum Gasteiger partial charge on any atom is 0.253 e. The highest BCUT2D eigenvalue weighted by molar-refractivity contribution is 6.04. The van der Waals surface area contributed by atoms with E-state index in [-0.39, 0.29) is 24.1 Å². The molecule has 6 heteroatoms. The molecule has 3 N–H and O–H groups in total. The van der Waals surface area contributed by atoms with E-state index in [0.717, 1.165) is 5.56 Å². The minimum Gasteiger partial charge on any atom is -0.349 e. The topological polar surface area (TPSA) is 87.3 Å². The van der Waals surface area contributed by atoms with Crippen LogP contribution in [0.2, 0.25) is 0 Å². The van der Waals surface area contributed by atoms with E-state index in [4.69, 9.17) is 0 Å². The van der Waals surface area contributed by atoms with Crippen molar-refractivity contribution in [2.45, 2.75) is 13.3 Å². The predicted octanol–water partition coefficient (Wildman–Crippen LogP) is 2.74. The standard InChI is InChI=1S/C20H21N3O3/c1-3-12-21-20(26)17-6-4-5-7-18(17)23-19(25)13-15-8-10-16(11-9-15)22-14(2)24/h3-11H,1,12-13H2,2H3,(H,21,26)(H,22,24)(H,23,25). The zero-order chi connectivity index (χ0) is 18.9. The van der Waals surface area contributed by atoms with Gasteiger partial charge in [-0.1, -0.05) is 30.3 Å². The average Bonchev–Trinajstić information content (AvgIpc) is 2.61. The number of amides is 3. The second-order valence-electron chi connectivity index (χ2n) is 5.65. The van der Waals surface area contributed by atoms with E-state index < -0.39 is 0 Å². The Morgan fingerprint density at radius 3 is 2.35 bits per heavy atom. The molecule has 134 valence electrons. The molecule has 0 aromatic heterocycles. The molecule has 2 aromatic rings. The van der Waals surface area contributed by atoms with Crippen LogP contribution in [0.5, 0.6) is 0 Å². The monoisotopic (exact) mass is 351 g/mol. The Bertz CT molecular complexity index is 813. The fourth-order valence-electron chi connectivity index (χ4n) is 2.34. The van der Waals surface area contributed by atoms with Crippen molar-refractivity contribution in [3.63, 3.8) is 0 Å². The first-order valence-corrected chi connectivity index (χ1v) is 8.14. The highest BCUT2D eigenvalue weighted by Gasteiger charge is 2.12. The SMILES string of the molecule is C=CCNC(=O)c1ccccc1NC(=O)Cc1ccc(NC(C)=O)cc1. The lowest BCUT2D eigenvalue weighted by Crippen LogP contribution is -2.25. The summed E-state index contributed by atoms with van der Waals surface area (Å²) in [6.07, 6.45) is 1.74. The van der Waals surface area contributed by atoms with Gasteiger partial charge >= 0.3 is 0 Å². The minimum atomic E-state index is -0.277. The first kappa shape index (κ1) is 18.9. The number of benzene rings is 2. The molecular weight excluding hydrogens is 330 g/mol. The molecule has 0 aliphatic rings. The van der Waals surface area contributed by atoms with Gasteiger partial charge in [0.2, 0.25) is 11.8 Å². The fourth-order valence-corrected chi connectivity index (χ4v) is 2.34. The first-order valence-electron chi connectivity index (χ1n) is 8.14. The summed E-state index contributed by atoms with van der Waals surface area (Å²) in [7, 11) is 0. The van der Waals surface area contributed by atoms with E-state index in [2.05, 4.69) is 22.5 Å². The highest BCUT2D eigenvalue weighted by Crippen LogP contribution is 2.16. The van der Waals surface area contributed by atoms with Crippen molar-refractivity contribution >= 4 is 29.1 Å². The van der Waals surface area contributed by atoms with Crippen molar-refractivity contribution in [1.82, 2.24) is 5.32 Å². The zero-order valence-corrected chi connectivity index (χ0v) is 14.5. The summed E-state index contributed by atoms with van der Waals surface area (Å²) in [6, 6.07) is 13.8. The van der Waals surface area contributed by atoms with Crippen LogP contribution >= 0.6 is 0 Å². The molecule has 0 unspecified atom stereocenters. The Morgan fingerprint density at radius 2 is 1.69 bits per heavy atom. The van der Waals surface area contributed by atoms with Gasteiger partial charge < -0.3 is 16.0 Å². The van der Waals surface area contributed by atoms with Crippen LogP contribution in [0.15, 0.2) is 61.2 Å². The van der Waals surface area contributed by atoms with Crippen molar-refractivity contribution in [2.24, 2.45) is 0 Å². The molecule has 0 saturated heterocycles. The molecule has 2 rings (SSSR count). The fraction of sp³-hybridized carbons (Fsp3) is 0.150.